The fourth-order valence-electron chi connectivity index (χ4n) is 4.39. The molecule has 4 rings (SSSR count). The van der Waals surface area contributed by atoms with Crippen molar-refractivity contribution >= 4 is 5.91 Å². The molecule has 0 N–H and O–H groups in total. The molecule has 1 fully saturated rings. The lowest BCUT2D eigenvalue weighted by molar-refractivity contribution is -0.133. The Morgan fingerprint density at radius 1 is 1.00 bits per heavy atom. The predicted octanol–water partition coefficient (Wildman–Crippen LogP) is 4.52. The van der Waals surface area contributed by atoms with E-state index in [0.29, 0.717) is 5.92 Å². The number of carbonyl (C=O) groups is 1. The summed E-state index contributed by atoms with van der Waals surface area (Å²) in [4.78, 5) is 20.0. The van der Waals surface area contributed by atoms with E-state index in [1.54, 1.807) is 0 Å². The van der Waals surface area contributed by atoms with Crippen LogP contribution in [-0.4, -0.2) is 33.4 Å². The van der Waals surface area contributed by atoms with E-state index in [0.717, 1.165) is 55.8 Å². The first kappa shape index (κ1) is 19.4. The van der Waals surface area contributed by atoms with Crippen LogP contribution in [0.1, 0.15) is 42.6 Å². The second-order valence-electron chi connectivity index (χ2n) is 7.87. The molecule has 0 spiro atoms. The first-order valence-electron chi connectivity index (χ1n) is 10.6. The van der Waals surface area contributed by atoms with Crippen molar-refractivity contribution in [3.8, 4) is 0 Å². The molecule has 0 aliphatic carbocycles. The summed E-state index contributed by atoms with van der Waals surface area (Å²) in [6.45, 7) is 4.81. The molecule has 0 saturated carbocycles. The van der Waals surface area contributed by atoms with E-state index >= 15 is 0 Å². The van der Waals surface area contributed by atoms with Crippen LogP contribution in [0, 0.1) is 5.92 Å². The highest BCUT2D eigenvalue weighted by Crippen LogP contribution is 2.29. The van der Waals surface area contributed by atoms with E-state index in [9.17, 15) is 4.79 Å². The summed E-state index contributed by atoms with van der Waals surface area (Å²) in [6, 6.07) is 20.3. The smallest absolute Gasteiger partial charge is 0.234 e. The molecule has 1 aliphatic heterocycles. The molecular weight excluding hydrogens is 358 g/mol. The summed E-state index contributed by atoms with van der Waals surface area (Å²) in [7, 11) is 0. The van der Waals surface area contributed by atoms with Gasteiger partial charge < -0.3 is 9.47 Å². The molecule has 4 heteroatoms. The molecule has 1 amide bonds. The van der Waals surface area contributed by atoms with Crippen LogP contribution in [0.3, 0.4) is 0 Å². The number of hydrogen-bond donors (Lipinski definition) is 0. The lowest BCUT2D eigenvalue weighted by atomic mass is 9.88. The van der Waals surface area contributed by atoms with Gasteiger partial charge in [-0.25, -0.2) is 4.98 Å². The third-order valence-electron chi connectivity index (χ3n) is 6.01. The molecule has 4 nitrogen and oxygen atoms in total. The van der Waals surface area contributed by atoms with E-state index in [1.807, 2.05) is 42.6 Å². The number of benzene rings is 2. The summed E-state index contributed by atoms with van der Waals surface area (Å²) in [5.74, 6) is 1.74. The van der Waals surface area contributed by atoms with Gasteiger partial charge in [-0.05, 0) is 29.9 Å². The largest absolute Gasteiger partial charge is 0.342 e. The summed E-state index contributed by atoms with van der Waals surface area (Å²) in [5.41, 5.74) is 2.13. The molecule has 0 unspecified atom stereocenters. The molecule has 150 valence electrons. The Morgan fingerprint density at radius 2 is 1.59 bits per heavy atom. The van der Waals surface area contributed by atoms with E-state index in [-0.39, 0.29) is 11.8 Å². The number of amides is 1. The number of nitrogens with zero attached hydrogens (tertiary/aromatic N) is 3. The van der Waals surface area contributed by atoms with E-state index in [1.165, 1.54) is 0 Å². The van der Waals surface area contributed by atoms with Crippen molar-refractivity contribution in [1.29, 1.82) is 0 Å². The SMILES string of the molecule is CCc1nccn1CC1CCN(C(=O)C(c2ccccc2)c2ccccc2)CC1. The normalized spacial score (nSPS) is 15.0. The Hall–Kier alpha value is -2.88. The van der Waals surface area contributed by atoms with Crippen molar-refractivity contribution in [2.75, 3.05) is 13.1 Å². The Morgan fingerprint density at radius 3 is 2.14 bits per heavy atom. The van der Waals surface area contributed by atoms with Gasteiger partial charge in [0.1, 0.15) is 5.82 Å². The average molecular weight is 388 g/mol. The minimum Gasteiger partial charge on any atom is -0.342 e. The second kappa shape index (κ2) is 9.08. The van der Waals surface area contributed by atoms with Crippen LogP contribution in [0.5, 0.6) is 0 Å². The van der Waals surface area contributed by atoms with E-state index < -0.39 is 0 Å². The number of imidazole rings is 1. The molecule has 3 aromatic rings. The standard InChI is InChI=1S/C25H29N3O/c1-2-23-26-15-18-28(23)19-20-13-16-27(17-14-20)25(29)24(21-9-5-3-6-10-21)22-11-7-4-8-12-22/h3-12,15,18,20,24H,2,13-14,16-17,19H2,1H3. The topological polar surface area (TPSA) is 38.1 Å². The Balaban J connectivity index is 1.46. The number of piperidine rings is 1. The third kappa shape index (κ3) is 4.42. The molecule has 1 aliphatic rings. The highest BCUT2D eigenvalue weighted by atomic mass is 16.2. The Bertz CT molecular complexity index is 872. The lowest BCUT2D eigenvalue weighted by Crippen LogP contribution is -2.42. The molecule has 29 heavy (non-hydrogen) atoms. The van der Waals surface area contributed by atoms with Crippen LogP contribution in [0.25, 0.3) is 0 Å². The Kier molecular flexibility index (Phi) is 6.09. The number of rotatable bonds is 6. The average Bonchev–Trinajstić information content (AvgIpc) is 3.23. The molecule has 0 atom stereocenters. The van der Waals surface area contributed by atoms with Gasteiger partial charge >= 0.3 is 0 Å². The number of carbonyl (C=O) groups excluding carboxylic acids is 1. The van der Waals surface area contributed by atoms with Gasteiger partial charge in [-0.1, -0.05) is 67.6 Å². The van der Waals surface area contributed by atoms with Gasteiger partial charge in [0.25, 0.3) is 0 Å². The summed E-state index contributed by atoms with van der Waals surface area (Å²) < 4.78 is 2.28. The molecule has 1 saturated heterocycles. The van der Waals surface area contributed by atoms with Gasteiger partial charge in [-0.15, -0.1) is 0 Å². The molecule has 0 bridgehead atoms. The molecule has 1 aromatic heterocycles. The highest BCUT2D eigenvalue weighted by molar-refractivity contribution is 5.87. The van der Waals surface area contributed by atoms with Crippen molar-refractivity contribution in [2.24, 2.45) is 5.92 Å². The molecule has 0 radical (unpaired) electrons. The predicted molar refractivity (Wildman–Crippen MR) is 116 cm³/mol. The highest BCUT2D eigenvalue weighted by Gasteiger charge is 2.30. The minimum atomic E-state index is -0.228. The minimum absolute atomic E-state index is 0.220. The van der Waals surface area contributed by atoms with Crippen LogP contribution in [0.2, 0.25) is 0 Å². The lowest BCUT2D eigenvalue weighted by Gasteiger charge is -2.35. The first-order valence-corrected chi connectivity index (χ1v) is 10.6. The van der Waals surface area contributed by atoms with Gasteiger partial charge in [0.2, 0.25) is 5.91 Å². The number of likely N-dealkylation sites (tertiary alicyclic amines) is 1. The fourth-order valence-corrected chi connectivity index (χ4v) is 4.39. The van der Waals surface area contributed by atoms with Crippen molar-refractivity contribution in [2.45, 2.75) is 38.6 Å². The summed E-state index contributed by atoms with van der Waals surface area (Å²) >= 11 is 0. The van der Waals surface area contributed by atoms with Crippen molar-refractivity contribution in [3.63, 3.8) is 0 Å². The number of aromatic nitrogens is 2. The van der Waals surface area contributed by atoms with E-state index in [2.05, 4.69) is 51.8 Å². The van der Waals surface area contributed by atoms with Crippen molar-refractivity contribution in [1.82, 2.24) is 14.5 Å². The summed E-state index contributed by atoms with van der Waals surface area (Å²) in [6.07, 6.45) is 7.02. The second-order valence-corrected chi connectivity index (χ2v) is 7.87. The zero-order chi connectivity index (χ0) is 20.1. The first-order chi connectivity index (χ1) is 14.3. The molecule has 2 heterocycles. The maximum absolute atomic E-state index is 13.5. The number of aryl methyl sites for hydroxylation is 1. The quantitative estimate of drug-likeness (QED) is 0.624. The van der Waals surface area contributed by atoms with Crippen LogP contribution in [0.4, 0.5) is 0 Å². The number of hydrogen-bond acceptors (Lipinski definition) is 2. The maximum Gasteiger partial charge on any atom is 0.234 e. The fraction of sp³-hybridized carbons (Fsp3) is 0.360. The van der Waals surface area contributed by atoms with Gasteiger partial charge in [0.15, 0.2) is 0 Å². The van der Waals surface area contributed by atoms with Crippen molar-refractivity contribution in [3.05, 3.63) is 90.0 Å². The van der Waals surface area contributed by atoms with Gasteiger partial charge in [-0.3, -0.25) is 4.79 Å². The van der Waals surface area contributed by atoms with Crippen LogP contribution < -0.4 is 0 Å². The zero-order valence-corrected chi connectivity index (χ0v) is 17.1. The van der Waals surface area contributed by atoms with Gasteiger partial charge in [0.05, 0.1) is 5.92 Å². The van der Waals surface area contributed by atoms with Crippen molar-refractivity contribution < 1.29 is 4.79 Å². The van der Waals surface area contributed by atoms with Crippen LogP contribution in [-0.2, 0) is 17.8 Å². The molecule has 2 aromatic carbocycles. The van der Waals surface area contributed by atoms with Crippen LogP contribution >= 0.6 is 0 Å². The van der Waals surface area contributed by atoms with Gasteiger partial charge in [0, 0.05) is 38.4 Å². The van der Waals surface area contributed by atoms with Gasteiger partial charge in [-0.2, -0.15) is 0 Å². The monoisotopic (exact) mass is 387 g/mol. The Labute approximate surface area is 173 Å². The summed E-state index contributed by atoms with van der Waals surface area (Å²) in [5, 5.41) is 0. The third-order valence-corrected chi connectivity index (χ3v) is 6.01. The van der Waals surface area contributed by atoms with E-state index in [4.69, 9.17) is 0 Å². The maximum atomic E-state index is 13.5. The molecular formula is C25H29N3O. The zero-order valence-electron chi connectivity index (χ0n) is 17.1. The van der Waals surface area contributed by atoms with Crippen LogP contribution in [0.15, 0.2) is 73.1 Å².